The predicted molar refractivity (Wildman–Crippen MR) is 99.4 cm³/mol. The minimum absolute atomic E-state index is 0.000453. The number of sulfonamides is 1. The van der Waals surface area contributed by atoms with Gasteiger partial charge in [0.2, 0.25) is 10.0 Å². The minimum Gasteiger partial charge on any atom is -0.451 e. The maximum Gasteiger partial charge on any atom is 0.348 e. The number of carbonyl (C=O) groups excluding carboxylic acids is 2. The van der Waals surface area contributed by atoms with E-state index in [9.17, 15) is 22.4 Å². The fraction of sp³-hybridized carbons (Fsp3) is 0.294. The molecule has 1 amide bonds. The molecule has 1 heterocycles. The molecule has 10 heteroatoms. The van der Waals surface area contributed by atoms with E-state index in [2.05, 4.69) is 10.0 Å². The van der Waals surface area contributed by atoms with Gasteiger partial charge in [0.25, 0.3) is 5.91 Å². The van der Waals surface area contributed by atoms with Gasteiger partial charge < -0.3 is 10.1 Å². The quantitative estimate of drug-likeness (QED) is 0.605. The van der Waals surface area contributed by atoms with E-state index in [-0.39, 0.29) is 13.1 Å². The Kier molecular flexibility index (Phi) is 7.45. The molecule has 0 aliphatic heterocycles. The van der Waals surface area contributed by atoms with E-state index in [4.69, 9.17) is 4.74 Å². The van der Waals surface area contributed by atoms with Crippen molar-refractivity contribution in [2.75, 3.05) is 19.4 Å². The third kappa shape index (κ3) is 7.45. The van der Waals surface area contributed by atoms with E-state index in [1.54, 1.807) is 30.3 Å². The van der Waals surface area contributed by atoms with E-state index >= 15 is 0 Å². The number of ether oxygens (including phenoxy) is 1. The third-order valence-electron chi connectivity index (χ3n) is 3.37. The summed E-state index contributed by atoms with van der Waals surface area (Å²) in [5.74, 6) is -1.62. The predicted octanol–water partition coefficient (Wildman–Crippen LogP) is 1.45. The fourth-order valence-corrected chi connectivity index (χ4v) is 3.44. The highest BCUT2D eigenvalue weighted by molar-refractivity contribution is 7.88. The summed E-state index contributed by atoms with van der Waals surface area (Å²) in [5.41, 5.74) is 0.336. The second kappa shape index (κ2) is 9.58. The van der Waals surface area contributed by atoms with Crippen LogP contribution in [-0.2, 0) is 32.5 Å². The largest absolute Gasteiger partial charge is 0.451 e. The highest BCUT2D eigenvalue weighted by atomic mass is 32.2. The maximum atomic E-state index is 13.5. The van der Waals surface area contributed by atoms with Gasteiger partial charge in [-0.25, -0.2) is 22.3 Å². The molecule has 27 heavy (non-hydrogen) atoms. The molecule has 0 unspecified atom stereocenters. The first kappa shape index (κ1) is 21.0. The van der Waals surface area contributed by atoms with Gasteiger partial charge in [0.15, 0.2) is 6.61 Å². The molecular formula is C17H19FN2O5S2. The molecule has 146 valence electrons. The van der Waals surface area contributed by atoms with Crippen molar-refractivity contribution < 1.29 is 27.1 Å². The summed E-state index contributed by atoms with van der Waals surface area (Å²) in [6, 6.07) is 9.30. The van der Waals surface area contributed by atoms with E-state index in [1.807, 2.05) is 0 Å². The van der Waals surface area contributed by atoms with Crippen molar-refractivity contribution in [3.05, 3.63) is 57.5 Å². The van der Waals surface area contributed by atoms with Crippen LogP contribution in [-0.4, -0.2) is 39.7 Å². The summed E-state index contributed by atoms with van der Waals surface area (Å²) in [4.78, 5) is 24.8. The van der Waals surface area contributed by atoms with E-state index < -0.39 is 34.3 Å². The summed E-state index contributed by atoms with van der Waals surface area (Å²) in [6.07, 6.45) is 1.51. The van der Waals surface area contributed by atoms with Gasteiger partial charge >= 0.3 is 5.97 Å². The lowest BCUT2D eigenvalue weighted by Gasteiger charge is -2.06. The Hall–Kier alpha value is -2.30. The van der Waals surface area contributed by atoms with Gasteiger partial charge in [-0.05, 0) is 24.6 Å². The number of carbonyl (C=O) groups is 2. The van der Waals surface area contributed by atoms with Gasteiger partial charge in [0.1, 0.15) is 10.7 Å². The first-order chi connectivity index (χ1) is 12.7. The summed E-state index contributed by atoms with van der Waals surface area (Å²) in [7, 11) is -3.26. The second-order valence-corrected chi connectivity index (χ2v) is 8.63. The number of hydrogen-bond donors (Lipinski definition) is 2. The molecule has 0 spiro atoms. The van der Waals surface area contributed by atoms with Crippen LogP contribution in [0.2, 0.25) is 0 Å². The molecule has 2 aromatic rings. The van der Waals surface area contributed by atoms with Crippen LogP contribution >= 0.6 is 11.3 Å². The Morgan fingerprint density at radius 2 is 1.93 bits per heavy atom. The highest BCUT2D eigenvalue weighted by Crippen LogP contribution is 2.18. The van der Waals surface area contributed by atoms with Crippen LogP contribution < -0.4 is 10.0 Å². The van der Waals surface area contributed by atoms with E-state index in [0.717, 1.165) is 22.5 Å². The van der Waals surface area contributed by atoms with Gasteiger partial charge in [0.05, 0.1) is 6.26 Å². The monoisotopic (exact) mass is 414 g/mol. The number of esters is 1. The zero-order valence-electron chi connectivity index (χ0n) is 14.5. The van der Waals surface area contributed by atoms with Crippen LogP contribution in [0, 0.1) is 5.82 Å². The Balaban J connectivity index is 1.75. The summed E-state index contributed by atoms with van der Waals surface area (Å²) in [5, 5.41) is 2.48. The molecule has 0 saturated carbocycles. The van der Waals surface area contributed by atoms with E-state index in [0.29, 0.717) is 16.9 Å². The Morgan fingerprint density at radius 1 is 1.19 bits per heavy atom. The van der Waals surface area contributed by atoms with Crippen LogP contribution in [0.4, 0.5) is 4.39 Å². The molecule has 0 aliphatic rings. The van der Waals surface area contributed by atoms with Crippen molar-refractivity contribution >= 4 is 33.2 Å². The number of hydrogen-bond acceptors (Lipinski definition) is 6. The molecule has 2 N–H and O–H groups in total. The second-order valence-electron chi connectivity index (χ2n) is 5.63. The molecule has 0 radical (unpaired) electrons. The summed E-state index contributed by atoms with van der Waals surface area (Å²) in [6.45, 7) is -0.248. The zero-order valence-corrected chi connectivity index (χ0v) is 16.2. The maximum absolute atomic E-state index is 13.5. The van der Waals surface area contributed by atoms with E-state index in [1.165, 1.54) is 6.07 Å². The molecule has 7 nitrogen and oxygen atoms in total. The fourth-order valence-electron chi connectivity index (χ4n) is 2.07. The van der Waals surface area contributed by atoms with Crippen LogP contribution in [0.25, 0.3) is 0 Å². The number of nitrogens with one attached hydrogen (secondary N) is 2. The van der Waals surface area contributed by atoms with Gasteiger partial charge in [-0.2, -0.15) is 0 Å². The van der Waals surface area contributed by atoms with Crippen molar-refractivity contribution in [2.45, 2.75) is 13.0 Å². The number of rotatable bonds is 9. The lowest BCUT2D eigenvalue weighted by atomic mass is 10.2. The summed E-state index contributed by atoms with van der Waals surface area (Å²) < 4.78 is 42.8. The molecular weight excluding hydrogens is 395 g/mol. The highest BCUT2D eigenvalue weighted by Gasteiger charge is 2.13. The third-order valence-corrected chi connectivity index (χ3v) is 5.22. The van der Waals surface area contributed by atoms with Crippen LogP contribution in [0.1, 0.15) is 20.1 Å². The number of halogens is 1. The minimum atomic E-state index is -3.26. The van der Waals surface area contributed by atoms with Crippen molar-refractivity contribution in [3.8, 4) is 0 Å². The SMILES string of the molecule is CS(=O)(=O)NCCc1ccc(C(=O)OCC(=O)NCc2ccccc2F)s1. The van der Waals surface area contributed by atoms with Gasteiger partial charge in [0, 0.05) is 23.5 Å². The van der Waals surface area contributed by atoms with Crippen molar-refractivity contribution in [1.29, 1.82) is 0 Å². The van der Waals surface area contributed by atoms with Crippen molar-refractivity contribution in [3.63, 3.8) is 0 Å². The Bertz CT molecular complexity index is 912. The lowest BCUT2D eigenvalue weighted by molar-refractivity contribution is -0.124. The van der Waals surface area contributed by atoms with Crippen molar-refractivity contribution in [2.24, 2.45) is 0 Å². The molecule has 2 rings (SSSR count). The van der Waals surface area contributed by atoms with Gasteiger partial charge in [-0.1, -0.05) is 18.2 Å². The topological polar surface area (TPSA) is 102 Å². The number of amides is 1. The first-order valence-corrected chi connectivity index (χ1v) is 10.7. The van der Waals surface area contributed by atoms with Crippen LogP contribution in [0.15, 0.2) is 36.4 Å². The first-order valence-electron chi connectivity index (χ1n) is 7.95. The average Bonchev–Trinajstić information content (AvgIpc) is 3.07. The molecule has 0 fully saturated rings. The normalized spacial score (nSPS) is 11.2. The van der Waals surface area contributed by atoms with Crippen LogP contribution in [0.5, 0.6) is 0 Å². The number of thiophene rings is 1. The molecule has 1 aromatic heterocycles. The smallest absolute Gasteiger partial charge is 0.348 e. The van der Waals surface area contributed by atoms with Crippen LogP contribution in [0.3, 0.4) is 0 Å². The molecule has 1 aromatic carbocycles. The standard InChI is InChI=1S/C17H19FN2O5S2/c1-27(23,24)20-9-8-13-6-7-15(26-13)17(22)25-11-16(21)19-10-12-4-2-3-5-14(12)18/h2-7,20H,8-11H2,1H3,(H,19,21). The average molecular weight is 414 g/mol. The molecule has 0 saturated heterocycles. The van der Waals surface area contributed by atoms with Gasteiger partial charge in [-0.3, -0.25) is 4.79 Å². The summed E-state index contributed by atoms with van der Waals surface area (Å²) >= 11 is 1.16. The molecule has 0 aliphatic carbocycles. The number of benzene rings is 1. The lowest BCUT2D eigenvalue weighted by Crippen LogP contribution is -2.28. The van der Waals surface area contributed by atoms with Crippen molar-refractivity contribution in [1.82, 2.24) is 10.0 Å². The Morgan fingerprint density at radius 3 is 2.63 bits per heavy atom. The Labute approximate surface area is 160 Å². The molecule has 0 atom stereocenters. The molecule has 0 bridgehead atoms. The van der Waals surface area contributed by atoms with Gasteiger partial charge in [-0.15, -0.1) is 11.3 Å². The zero-order chi connectivity index (χ0) is 19.9.